The Morgan fingerprint density at radius 3 is 2.60 bits per heavy atom. The van der Waals surface area contributed by atoms with Crippen molar-refractivity contribution in [2.24, 2.45) is 4.99 Å². The average Bonchev–Trinajstić information content (AvgIpc) is 1.81. The van der Waals surface area contributed by atoms with Crippen molar-refractivity contribution < 1.29 is 0 Å². The van der Waals surface area contributed by atoms with Gasteiger partial charge in [0.25, 0.3) is 0 Å². The van der Waals surface area contributed by atoms with Gasteiger partial charge in [-0.05, 0) is 27.7 Å². The van der Waals surface area contributed by atoms with Gasteiger partial charge in [0.05, 0.1) is 6.04 Å². The summed E-state index contributed by atoms with van der Waals surface area (Å²) in [5.74, 6) is 1.17. The highest BCUT2D eigenvalue weighted by Crippen LogP contribution is 2.31. The summed E-state index contributed by atoms with van der Waals surface area (Å²) >= 11 is 2.01. The van der Waals surface area contributed by atoms with E-state index in [1.54, 1.807) is 0 Å². The van der Waals surface area contributed by atoms with Crippen LogP contribution < -0.4 is 0 Å². The first kappa shape index (κ1) is 8.12. The fourth-order valence-electron chi connectivity index (χ4n) is 0.957. The SMILES string of the molecule is CC1=NC(C)CSC1(C)C. The maximum absolute atomic E-state index is 4.53. The molecule has 0 saturated heterocycles. The predicted molar refractivity (Wildman–Crippen MR) is 49.1 cm³/mol. The topological polar surface area (TPSA) is 12.4 Å². The maximum atomic E-state index is 4.53. The molecule has 0 saturated carbocycles. The molecule has 0 N–H and O–H groups in total. The zero-order valence-corrected chi connectivity index (χ0v) is 7.96. The summed E-state index contributed by atoms with van der Waals surface area (Å²) < 4.78 is 0.284. The first-order valence-electron chi connectivity index (χ1n) is 3.71. The molecule has 0 aromatic rings. The maximum Gasteiger partial charge on any atom is 0.0562 e. The molecule has 1 nitrogen and oxygen atoms in total. The second kappa shape index (κ2) is 2.57. The van der Waals surface area contributed by atoms with Crippen molar-refractivity contribution in [3.05, 3.63) is 0 Å². The fourth-order valence-corrected chi connectivity index (χ4v) is 1.95. The quantitative estimate of drug-likeness (QED) is 0.526. The first-order chi connectivity index (χ1) is 4.52. The van der Waals surface area contributed by atoms with Gasteiger partial charge in [0.2, 0.25) is 0 Å². The van der Waals surface area contributed by atoms with Gasteiger partial charge in [0, 0.05) is 16.2 Å². The summed E-state index contributed by atoms with van der Waals surface area (Å²) in [5, 5.41) is 0. The van der Waals surface area contributed by atoms with Crippen molar-refractivity contribution in [1.82, 2.24) is 0 Å². The molecular formula is C8H15NS. The fraction of sp³-hybridized carbons (Fsp3) is 0.875. The Hall–Kier alpha value is 0.0200. The molecule has 0 spiro atoms. The standard InChI is InChI=1S/C8H15NS/c1-6-5-10-8(3,4)7(2)9-6/h6H,5H2,1-4H3. The van der Waals surface area contributed by atoms with Crippen LogP contribution in [0.25, 0.3) is 0 Å². The molecule has 1 rings (SSSR count). The molecule has 0 amide bonds. The Kier molecular flexibility index (Phi) is 2.09. The Morgan fingerprint density at radius 2 is 2.20 bits per heavy atom. The minimum Gasteiger partial charge on any atom is -0.289 e. The van der Waals surface area contributed by atoms with Crippen molar-refractivity contribution in [3.63, 3.8) is 0 Å². The molecule has 0 aliphatic carbocycles. The third kappa shape index (κ3) is 1.54. The van der Waals surface area contributed by atoms with Crippen LogP contribution in [0.5, 0.6) is 0 Å². The molecular weight excluding hydrogens is 142 g/mol. The van der Waals surface area contributed by atoms with Gasteiger partial charge >= 0.3 is 0 Å². The van der Waals surface area contributed by atoms with Crippen LogP contribution in [0.3, 0.4) is 0 Å². The van der Waals surface area contributed by atoms with Crippen LogP contribution in [0.2, 0.25) is 0 Å². The summed E-state index contributed by atoms with van der Waals surface area (Å²) in [4.78, 5) is 4.53. The summed E-state index contributed by atoms with van der Waals surface area (Å²) in [5.41, 5.74) is 1.29. The first-order valence-corrected chi connectivity index (χ1v) is 4.70. The van der Waals surface area contributed by atoms with E-state index in [4.69, 9.17) is 0 Å². The summed E-state index contributed by atoms with van der Waals surface area (Å²) in [6.07, 6.45) is 0. The van der Waals surface area contributed by atoms with Gasteiger partial charge in [-0.15, -0.1) is 11.8 Å². The van der Waals surface area contributed by atoms with E-state index in [1.807, 2.05) is 11.8 Å². The van der Waals surface area contributed by atoms with E-state index in [9.17, 15) is 0 Å². The highest BCUT2D eigenvalue weighted by Gasteiger charge is 2.26. The molecule has 1 aliphatic rings. The minimum absolute atomic E-state index is 0.284. The van der Waals surface area contributed by atoms with Crippen molar-refractivity contribution in [2.75, 3.05) is 5.75 Å². The van der Waals surface area contributed by atoms with E-state index in [1.165, 1.54) is 11.5 Å². The Balaban J connectivity index is 2.78. The van der Waals surface area contributed by atoms with Crippen LogP contribution in [-0.2, 0) is 0 Å². The molecule has 0 fully saturated rings. The number of rotatable bonds is 0. The Labute approximate surface area is 67.3 Å². The van der Waals surface area contributed by atoms with Gasteiger partial charge in [-0.3, -0.25) is 4.99 Å². The molecule has 0 aromatic carbocycles. The third-order valence-corrected chi connectivity index (χ3v) is 3.64. The monoisotopic (exact) mass is 157 g/mol. The van der Waals surface area contributed by atoms with Gasteiger partial charge in [0.15, 0.2) is 0 Å². The summed E-state index contributed by atoms with van der Waals surface area (Å²) in [6.45, 7) is 8.78. The molecule has 10 heavy (non-hydrogen) atoms. The third-order valence-electron chi connectivity index (χ3n) is 1.97. The molecule has 0 aromatic heterocycles. The Morgan fingerprint density at radius 1 is 1.60 bits per heavy atom. The van der Waals surface area contributed by atoms with Crippen molar-refractivity contribution in [2.45, 2.75) is 38.5 Å². The molecule has 0 bridgehead atoms. The number of aliphatic imine (C=N–C) groups is 1. The second-order valence-electron chi connectivity index (χ2n) is 3.38. The molecule has 1 aliphatic heterocycles. The average molecular weight is 157 g/mol. The van der Waals surface area contributed by atoms with Crippen LogP contribution in [0, 0.1) is 0 Å². The highest BCUT2D eigenvalue weighted by atomic mass is 32.2. The normalized spacial score (nSPS) is 31.6. The van der Waals surface area contributed by atoms with Crippen molar-refractivity contribution >= 4 is 17.5 Å². The number of hydrogen-bond acceptors (Lipinski definition) is 2. The molecule has 1 heterocycles. The van der Waals surface area contributed by atoms with E-state index >= 15 is 0 Å². The van der Waals surface area contributed by atoms with Crippen LogP contribution in [0.4, 0.5) is 0 Å². The zero-order chi connectivity index (χ0) is 7.78. The van der Waals surface area contributed by atoms with E-state index in [0.29, 0.717) is 6.04 Å². The zero-order valence-electron chi connectivity index (χ0n) is 7.14. The lowest BCUT2D eigenvalue weighted by Gasteiger charge is -2.30. The molecule has 1 unspecified atom stereocenters. The molecule has 58 valence electrons. The highest BCUT2D eigenvalue weighted by molar-refractivity contribution is 8.01. The van der Waals surface area contributed by atoms with Crippen LogP contribution >= 0.6 is 11.8 Å². The van der Waals surface area contributed by atoms with Gasteiger partial charge in [-0.2, -0.15) is 0 Å². The number of thioether (sulfide) groups is 1. The van der Waals surface area contributed by atoms with E-state index < -0.39 is 0 Å². The van der Waals surface area contributed by atoms with Crippen molar-refractivity contribution in [3.8, 4) is 0 Å². The Bertz CT molecular complexity index is 161. The van der Waals surface area contributed by atoms with E-state index in [2.05, 4.69) is 32.7 Å². The van der Waals surface area contributed by atoms with Crippen molar-refractivity contribution in [1.29, 1.82) is 0 Å². The second-order valence-corrected chi connectivity index (χ2v) is 5.03. The summed E-state index contributed by atoms with van der Waals surface area (Å²) in [6, 6.07) is 0.526. The van der Waals surface area contributed by atoms with E-state index in [0.717, 1.165) is 0 Å². The summed E-state index contributed by atoms with van der Waals surface area (Å²) in [7, 11) is 0. The van der Waals surface area contributed by atoms with Gasteiger partial charge in [0.1, 0.15) is 0 Å². The number of hydrogen-bond donors (Lipinski definition) is 0. The molecule has 1 atom stereocenters. The van der Waals surface area contributed by atoms with E-state index in [-0.39, 0.29) is 4.75 Å². The largest absolute Gasteiger partial charge is 0.289 e. The molecule has 0 radical (unpaired) electrons. The van der Waals surface area contributed by atoms with Crippen LogP contribution in [0.15, 0.2) is 4.99 Å². The van der Waals surface area contributed by atoms with Gasteiger partial charge < -0.3 is 0 Å². The minimum atomic E-state index is 0.284. The molecule has 2 heteroatoms. The lowest BCUT2D eigenvalue weighted by Crippen LogP contribution is -2.32. The van der Waals surface area contributed by atoms with Crippen LogP contribution in [0.1, 0.15) is 27.7 Å². The predicted octanol–water partition coefficient (Wildman–Crippen LogP) is 2.36. The lowest BCUT2D eigenvalue weighted by atomic mass is 10.1. The van der Waals surface area contributed by atoms with Gasteiger partial charge in [-0.1, -0.05) is 0 Å². The van der Waals surface area contributed by atoms with Gasteiger partial charge in [-0.25, -0.2) is 0 Å². The van der Waals surface area contributed by atoms with Crippen LogP contribution in [-0.4, -0.2) is 22.3 Å². The smallest absolute Gasteiger partial charge is 0.0562 e. The number of nitrogens with zero attached hydrogens (tertiary/aromatic N) is 1. The lowest BCUT2D eigenvalue weighted by molar-refractivity contribution is 0.791.